The summed E-state index contributed by atoms with van der Waals surface area (Å²) in [5, 5.41) is 15.1. The molecule has 0 bridgehead atoms. The number of nitrogens with one attached hydrogen (secondary N) is 1. The lowest BCUT2D eigenvalue weighted by Crippen LogP contribution is -2.54. The number of rotatable bonds is 15. The number of methoxy groups -OCH3 is 1. The first-order chi connectivity index (χ1) is 23.3. The minimum atomic E-state index is -4.57. The van der Waals surface area contributed by atoms with Gasteiger partial charge in [-0.15, -0.1) is 0 Å². The van der Waals surface area contributed by atoms with Gasteiger partial charge in [-0.05, 0) is 67.8 Å². The highest BCUT2D eigenvalue weighted by Crippen LogP contribution is 2.30. The predicted octanol–water partition coefficient (Wildman–Crippen LogP) is 6.32. The van der Waals surface area contributed by atoms with Crippen molar-refractivity contribution in [2.45, 2.75) is 57.1 Å². The molecule has 0 saturated carbocycles. The number of nitro groups is 1. The van der Waals surface area contributed by atoms with E-state index in [-0.39, 0.29) is 40.8 Å². The van der Waals surface area contributed by atoms with Crippen molar-refractivity contribution in [3.8, 4) is 5.75 Å². The van der Waals surface area contributed by atoms with Crippen LogP contribution in [0.25, 0.3) is 0 Å². The molecule has 4 aromatic rings. The van der Waals surface area contributed by atoms with E-state index in [1.165, 1.54) is 43.2 Å². The average molecular weight is 707 g/mol. The number of halogens is 1. The first-order valence-corrected chi connectivity index (χ1v) is 17.5. The molecule has 0 aliphatic rings. The van der Waals surface area contributed by atoms with Crippen molar-refractivity contribution < 1.29 is 27.7 Å². The minimum Gasteiger partial charge on any atom is -0.497 e. The maximum atomic E-state index is 14.6. The Balaban J connectivity index is 1.85. The Labute approximate surface area is 291 Å². The van der Waals surface area contributed by atoms with Gasteiger partial charge in [0.25, 0.3) is 15.7 Å². The topological polar surface area (TPSA) is 139 Å². The van der Waals surface area contributed by atoms with Crippen LogP contribution in [0.3, 0.4) is 0 Å². The zero-order valence-corrected chi connectivity index (χ0v) is 29.3. The van der Waals surface area contributed by atoms with Crippen molar-refractivity contribution in [1.29, 1.82) is 0 Å². The van der Waals surface area contributed by atoms with Crippen LogP contribution in [0, 0.1) is 17.0 Å². The SMILES string of the molecule is CC[C@@H](C)NC(=O)[C@@H](Cc1ccccc1)N(Cc1ccccc1Cl)C(=O)CN(c1ccc(OC)cc1)S(=O)(=O)c1ccc(C)c([N+](=O)[O-])c1. The van der Waals surface area contributed by atoms with Crippen LogP contribution in [0.15, 0.2) is 102 Å². The Morgan fingerprint density at radius 1 is 0.980 bits per heavy atom. The number of amides is 2. The van der Waals surface area contributed by atoms with Crippen LogP contribution < -0.4 is 14.4 Å². The van der Waals surface area contributed by atoms with Crippen LogP contribution in [0.4, 0.5) is 11.4 Å². The lowest BCUT2D eigenvalue weighted by molar-refractivity contribution is -0.385. The van der Waals surface area contributed by atoms with Gasteiger partial charge in [-0.3, -0.25) is 24.0 Å². The van der Waals surface area contributed by atoms with Gasteiger partial charge >= 0.3 is 0 Å². The third-order valence-electron chi connectivity index (χ3n) is 8.18. The molecule has 0 heterocycles. The van der Waals surface area contributed by atoms with Gasteiger partial charge in [-0.1, -0.05) is 73.1 Å². The van der Waals surface area contributed by atoms with Gasteiger partial charge < -0.3 is 15.0 Å². The van der Waals surface area contributed by atoms with Gasteiger partial charge in [0.2, 0.25) is 11.8 Å². The van der Waals surface area contributed by atoms with Gasteiger partial charge in [0.1, 0.15) is 18.3 Å². The van der Waals surface area contributed by atoms with Crippen molar-refractivity contribution in [1.82, 2.24) is 10.2 Å². The summed E-state index contributed by atoms with van der Waals surface area (Å²) >= 11 is 6.55. The van der Waals surface area contributed by atoms with Crippen LogP contribution in [-0.4, -0.2) is 55.8 Å². The van der Waals surface area contributed by atoms with Crippen LogP contribution in [0.5, 0.6) is 5.75 Å². The molecule has 0 unspecified atom stereocenters. The normalized spacial score (nSPS) is 12.4. The van der Waals surface area contributed by atoms with Crippen LogP contribution in [-0.2, 0) is 32.6 Å². The number of anilines is 1. The largest absolute Gasteiger partial charge is 0.497 e. The van der Waals surface area contributed by atoms with Crippen LogP contribution in [0.1, 0.15) is 37.0 Å². The number of sulfonamides is 1. The number of hydrogen-bond donors (Lipinski definition) is 1. The number of carbonyl (C=O) groups excluding carboxylic acids is 2. The average Bonchev–Trinajstić information content (AvgIpc) is 3.09. The Kier molecular flexibility index (Phi) is 12.4. The molecule has 49 heavy (non-hydrogen) atoms. The Hall–Kier alpha value is -4.94. The van der Waals surface area contributed by atoms with Crippen molar-refractivity contribution in [3.63, 3.8) is 0 Å². The van der Waals surface area contributed by atoms with E-state index < -0.39 is 39.3 Å². The molecule has 13 heteroatoms. The standard InChI is InChI=1S/C36H39ClN4O7S/c1-5-26(3)38-36(43)34(21-27-11-7-6-8-12-27)39(23-28-13-9-10-14-32(28)37)35(42)24-40(29-16-18-30(48-4)19-17-29)49(46,47)31-20-15-25(2)33(22-31)41(44)45/h6-20,22,26,34H,5,21,23-24H2,1-4H3,(H,38,43)/t26-,34-/m1/s1. The number of ether oxygens (including phenoxy) is 1. The number of carbonyl (C=O) groups is 2. The molecule has 1 N–H and O–H groups in total. The molecular formula is C36H39ClN4O7S. The summed E-state index contributed by atoms with van der Waals surface area (Å²) in [5.74, 6) is -0.656. The lowest BCUT2D eigenvalue weighted by atomic mass is 10.0. The van der Waals surface area contributed by atoms with Crippen molar-refractivity contribution >= 4 is 44.8 Å². The van der Waals surface area contributed by atoms with Crippen molar-refractivity contribution in [2.75, 3.05) is 18.0 Å². The van der Waals surface area contributed by atoms with Gasteiger partial charge in [0.05, 0.1) is 22.6 Å². The van der Waals surface area contributed by atoms with E-state index in [1.807, 2.05) is 44.2 Å². The maximum Gasteiger partial charge on any atom is 0.273 e. The summed E-state index contributed by atoms with van der Waals surface area (Å²) < 4.78 is 34.8. The number of nitro benzene ring substituents is 1. The number of benzene rings is 4. The van der Waals surface area contributed by atoms with Gasteiger partial charge in [0, 0.05) is 35.7 Å². The summed E-state index contributed by atoms with van der Waals surface area (Å²) in [6.07, 6.45) is 0.785. The summed E-state index contributed by atoms with van der Waals surface area (Å²) in [7, 11) is -3.11. The summed E-state index contributed by atoms with van der Waals surface area (Å²) in [6.45, 7) is 4.45. The molecule has 0 aromatic heterocycles. The van der Waals surface area contributed by atoms with Gasteiger partial charge in [0.15, 0.2) is 0 Å². The molecule has 0 fully saturated rings. The molecular weight excluding hydrogens is 668 g/mol. The fraction of sp³-hybridized carbons (Fsp3) is 0.278. The van der Waals surface area contributed by atoms with E-state index in [0.717, 1.165) is 15.9 Å². The zero-order chi connectivity index (χ0) is 35.7. The van der Waals surface area contributed by atoms with Crippen molar-refractivity contribution in [3.05, 3.63) is 129 Å². The smallest absolute Gasteiger partial charge is 0.273 e. The van der Waals surface area contributed by atoms with E-state index >= 15 is 0 Å². The zero-order valence-electron chi connectivity index (χ0n) is 27.7. The summed E-state index contributed by atoms with van der Waals surface area (Å²) in [4.78, 5) is 40.6. The van der Waals surface area contributed by atoms with Crippen LogP contribution >= 0.6 is 11.6 Å². The second-order valence-corrected chi connectivity index (χ2v) is 13.8. The summed E-state index contributed by atoms with van der Waals surface area (Å²) in [6, 6.07) is 24.5. The maximum absolute atomic E-state index is 14.6. The Morgan fingerprint density at radius 2 is 1.63 bits per heavy atom. The van der Waals surface area contributed by atoms with Crippen molar-refractivity contribution in [2.24, 2.45) is 0 Å². The Bertz CT molecular complexity index is 1890. The molecule has 0 saturated heterocycles. The highest BCUT2D eigenvalue weighted by atomic mass is 35.5. The van der Waals surface area contributed by atoms with Gasteiger partial charge in [-0.25, -0.2) is 8.42 Å². The van der Waals surface area contributed by atoms with E-state index in [2.05, 4.69) is 5.32 Å². The monoisotopic (exact) mass is 706 g/mol. The molecule has 4 rings (SSSR count). The second-order valence-electron chi connectivity index (χ2n) is 11.6. The predicted molar refractivity (Wildman–Crippen MR) is 189 cm³/mol. The first kappa shape index (κ1) is 36.9. The number of aryl methyl sites for hydroxylation is 1. The molecule has 0 aliphatic carbocycles. The molecule has 2 amide bonds. The first-order valence-electron chi connectivity index (χ1n) is 15.6. The van der Waals surface area contributed by atoms with Gasteiger partial charge in [-0.2, -0.15) is 0 Å². The Morgan fingerprint density at radius 3 is 2.24 bits per heavy atom. The van der Waals surface area contributed by atoms with E-state index in [4.69, 9.17) is 16.3 Å². The fourth-order valence-corrected chi connectivity index (χ4v) is 6.79. The highest BCUT2D eigenvalue weighted by Gasteiger charge is 2.35. The van der Waals surface area contributed by atoms with E-state index in [0.29, 0.717) is 22.8 Å². The highest BCUT2D eigenvalue weighted by molar-refractivity contribution is 7.92. The molecule has 4 aromatic carbocycles. The van der Waals surface area contributed by atoms with Crippen LogP contribution in [0.2, 0.25) is 5.02 Å². The van der Waals surface area contributed by atoms with E-state index in [9.17, 15) is 28.1 Å². The second kappa shape index (κ2) is 16.4. The molecule has 0 radical (unpaired) electrons. The molecule has 0 aliphatic heterocycles. The van der Waals surface area contributed by atoms with E-state index in [1.54, 1.807) is 36.4 Å². The third-order valence-corrected chi connectivity index (χ3v) is 10.3. The third kappa shape index (κ3) is 9.15. The summed E-state index contributed by atoms with van der Waals surface area (Å²) in [5.41, 5.74) is 1.35. The molecule has 258 valence electrons. The number of hydrogen-bond acceptors (Lipinski definition) is 7. The molecule has 11 nitrogen and oxygen atoms in total. The number of nitrogens with zero attached hydrogens (tertiary/aromatic N) is 3. The quantitative estimate of drug-likeness (QED) is 0.113. The molecule has 2 atom stereocenters. The molecule has 0 spiro atoms. The fourth-order valence-electron chi connectivity index (χ4n) is 5.16. The lowest BCUT2D eigenvalue weighted by Gasteiger charge is -2.34. The minimum absolute atomic E-state index is 0.101.